The third-order valence-corrected chi connectivity index (χ3v) is 5.07. The predicted molar refractivity (Wildman–Crippen MR) is 107 cm³/mol. The minimum Gasteiger partial charge on any atom is -0.369 e. The Labute approximate surface area is 166 Å². The number of carbonyl (C=O) groups is 1. The van der Waals surface area contributed by atoms with Crippen LogP contribution in [0.4, 0.5) is 5.69 Å². The molecule has 1 atom stereocenters. The number of thiazole rings is 1. The van der Waals surface area contributed by atoms with E-state index in [0.717, 1.165) is 29.0 Å². The Morgan fingerprint density at radius 2 is 2.08 bits per heavy atom. The van der Waals surface area contributed by atoms with E-state index in [0.29, 0.717) is 12.2 Å². The molecule has 0 radical (unpaired) electrons. The van der Waals surface area contributed by atoms with E-state index in [1.54, 1.807) is 5.38 Å². The summed E-state index contributed by atoms with van der Waals surface area (Å²) in [5.41, 5.74) is 7.17. The average Bonchev–Trinajstić information content (AvgIpc) is 3.17. The molecular weight excluding hydrogens is 435 g/mol. The zero-order valence-corrected chi connectivity index (χ0v) is 16.8. The van der Waals surface area contributed by atoms with E-state index in [1.807, 2.05) is 12.1 Å². The van der Waals surface area contributed by atoms with Crippen molar-refractivity contribution < 1.29 is 4.79 Å². The lowest BCUT2D eigenvalue weighted by atomic mass is 10.2. The molecule has 9 heteroatoms. The second-order valence-electron chi connectivity index (χ2n) is 5.21. The van der Waals surface area contributed by atoms with Crippen LogP contribution in [0.2, 0.25) is 0 Å². The molecule has 0 bridgehead atoms. The van der Waals surface area contributed by atoms with Gasteiger partial charge in [-0.25, -0.2) is 4.98 Å². The number of nitrogens with one attached hydrogen (secondary N) is 1. The van der Waals surface area contributed by atoms with Crippen molar-refractivity contribution in [2.45, 2.75) is 19.0 Å². The van der Waals surface area contributed by atoms with E-state index in [2.05, 4.69) is 43.3 Å². The highest BCUT2D eigenvalue weighted by molar-refractivity contribution is 9.10. The quantitative estimate of drug-likeness (QED) is 0.745. The molecule has 1 aliphatic heterocycles. The third-order valence-electron chi connectivity index (χ3n) is 3.67. The van der Waals surface area contributed by atoms with E-state index in [4.69, 9.17) is 5.73 Å². The van der Waals surface area contributed by atoms with Gasteiger partial charge in [0.05, 0.1) is 0 Å². The first-order chi connectivity index (χ1) is 10.7. The number of anilines is 1. The number of nitrogens with zero attached hydrogens (tertiary/aromatic N) is 2. The maximum Gasteiger partial charge on any atom is 0.271 e. The fraction of sp³-hybridized carbons (Fsp3) is 0.333. The standard InChI is InChI=1S/C15H17BrN4OS.2ClH/c16-10-1-3-12(4-2-10)20-6-5-11(8-20)18-15(21)13-9-22-14(7-17)19-13;;/h1-4,9,11H,5-8,17H2,(H,18,21);2*1H. The van der Waals surface area contributed by atoms with Gasteiger partial charge in [0.15, 0.2) is 0 Å². The SMILES string of the molecule is Cl.Cl.NCc1nc(C(=O)NC2CCN(c3ccc(Br)cc3)C2)cs1. The molecule has 0 spiro atoms. The Balaban J connectivity index is 0.00000144. The number of halogens is 3. The first-order valence-electron chi connectivity index (χ1n) is 7.11. The van der Waals surface area contributed by atoms with Crippen LogP contribution >= 0.6 is 52.1 Å². The van der Waals surface area contributed by atoms with Crippen molar-refractivity contribution >= 4 is 63.7 Å². The van der Waals surface area contributed by atoms with Crippen LogP contribution in [0.1, 0.15) is 21.9 Å². The van der Waals surface area contributed by atoms with Crippen LogP contribution in [0.15, 0.2) is 34.1 Å². The van der Waals surface area contributed by atoms with Crippen LogP contribution in [-0.2, 0) is 6.54 Å². The molecule has 3 N–H and O–H groups in total. The van der Waals surface area contributed by atoms with Crippen LogP contribution in [0.5, 0.6) is 0 Å². The summed E-state index contributed by atoms with van der Waals surface area (Å²) in [7, 11) is 0. The number of rotatable bonds is 4. The van der Waals surface area contributed by atoms with Gasteiger partial charge in [-0.05, 0) is 30.7 Å². The van der Waals surface area contributed by atoms with Gasteiger partial charge in [-0.1, -0.05) is 15.9 Å². The number of nitrogens with two attached hydrogens (primary N) is 1. The number of amides is 1. The number of hydrogen-bond acceptors (Lipinski definition) is 5. The summed E-state index contributed by atoms with van der Waals surface area (Å²) in [6, 6.07) is 8.39. The van der Waals surface area contributed by atoms with Crippen molar-refractivity contribution in [3.05, 3.63) is 44.8 Å². The maximum absolute atomic E-state index is 12.2. The first-order valence-corrected chi connectivity index (χ1v) is 8.79. The van der Waals surface area contributed by atoms with Crippen LogP contribution < -0.4 is 16.0 Å². The molecule has 24 heavy (non-hydrogen) atoms. The highest BCUT2D eigenvalue weighted by Crippen LogP contribution is 2.22. The molecular formula is C15H19BrCl2N4OS. The Kier molecular flexibility index (Phi) is 8.45. The molecule has 3 rings (SSSR count). The van der Waals surface area contributed by atoms with Gasteiger partial charge in [0.2, 0.25) is 0 Å². The zero-order valence-electron chi connectivity index (χ0n) is 12.8. The van der Waals surface area contributed by atoms with Crippen molar-refractivity contribution in [1.82, 2.24) is 10.3 Å². The van der Waals surface area contributed by atoms with Crippen LogP contribution in [-0.4, -0.2) is 30.0 Å². The van der Waals surface area contributed by atoms with E-state index >= 15 is 0 Å². The first kappa shape index (κ1) is 21.2. The summed E-state index contributed by atoms with van der Waals surface area (Å²) < 4.78 is 1.07. The monoisotopic (exact) mass is 452 g/mol. The summed E-state index contributed by atoms with van der Waals surface area (Å²) >= 11 is 4.86. The summed E-state index contributed by atoms with van der Waals surface area (Å²) in [4.78, 5) is 18.7. The van der Waals surface area contributed by atoms with E-state index in [-0.39, 0.29) is 36.8 Å². The van der Waals surface area contributed by atoms with Crippen LogP contribution in [0.3, 0.4) is 0 Å². The van der Waals surface area contributed by atoms with Crippen molar-refractivity contribution in [3.8, 4) is 0 Å². The number of hydrogen-bond donors (Lipinski definition) is 2. The highest BCUT2D eigenvalue weighted by Gasteiger charge is 2.25. The molecule has 2 aromatic rings. The van der Waals surface area contributed by atoms with E-state index < -0.39 is 0 Å². The molecule has 0 aliphatic carbocycles. The molecule has 132 valence electrons. The normalized spacial score (nSPS) is 16.2. The van der Waals surface area contributed by atoms with Gasteiger partial charge < -0.3 is 16.0 Å². The minimum atomic E-state index is -0.112. The lowest BCUT2D eigenvalue weighted by molar-refractivity contribution is 0.0936. The Bertz CT molecular complexity index is 668. The number of aromatic nitrogens is 1. The zero-order chi connectivity index (χ0) is 15.5. The van der Waals surface area contributed by atoms with Crippen molar-refractivity contribution in [3.63, 3.8) is 0 Å². The lowest BCUT2D eigenvalue weighted by Crippen LogP contribution is -2.37. The fourth-order valence-electron chi connectivity index (χ4n) is 2.53. The van der Waals surface area contributed by atoms with Crippen LogP contribution in [0, 0.1) is 0 Å². The summed E-state index contributed by atoms with van der Waals surface area (Å²) in [5, 5.41) is 5.61. The fourth-order valence-corrected chi connectivity index (χ4v) is 3.45. The van der Waals surface area contributed by atoms with Crippen molar-refractivity contribution in [1.29, 1.82) is 0 Å². The molecule has 0 saturated carbocycles. The second-order valence-corrected chi connectivity index (χ2v) is 7.07. The van der Waals surface area contributed by atoms with E-state index in [9.17, 15) is 4.79 Å². The molecule has 5 nitrogen and oxygen atoms in total. The smallest absolute Gasteiger partial charge is 0.271 e. The van der Waals surface area contributed by atoms with Gasteiger partial charge in [0.1, 0.15) is 10.7 Å². The van der Waals surface area contributed by atoms with Gasteiger partial charge in [-0.3, -0.25) is 4.79 Å². The predicted octanol–water partition coefficient (Wildman–Crippen LogP) is 3.22. The van der Waals surface area contributed by atoms with Crippen molar-refractivity contribution in [2.24, 2.45) is 5.73 Å². The topological polar surface area (TPSA) is 71.2 Å². The van der Waals surface area contributed by atoms with Crippen LogP contribution in [0.25, 0.3) is 0 Å². The highest BCUT2D eigenvalue weighted by atomic mass is 79.9. The van der Waals surface area contributed by atoms with Gasteiger partial charge in [-0.2, -0.15) is 0 Å². The molecule has 1 aliphatic rings. The Morgan fingerprint density at radius 3 is 2.71 bits per heavy atom. The lowest BCUT2D eigenvalue weighted by Gasteiger charge is -2.19. The minimum absolute atomic E-state index is 0. The van der Waals surface area contributed by atoms with Crippen molar-refractivity contribution in [2.75, 3.05) is 18.0 Å². The largest absolute Gasteiger partial charge is 0.369 e. The molecule has 1 amide bonds. The summed E-state index contributed by atoms with van der Waals surface area (Å²) in [5.74, 6) is -0.112. The van der Waals surface area contributed by atoms with Gasteiger partial charge in [0, 0.05) is 41.2 Å². The maximum atomic E-state index is 12.2. The summed E-state index contributed by atoms with van der Waals surface area (Å²) in [6.07, 6.45) is 0.940. The molecule has 1 fully saturated rings. The Hall–Kier alpha value is -0.860. The van der Waals surface area contributed by atoms with Gasteiger partial charge in [-0.15, -0.1) is 36.2 Å². The summed E-state index contributed by atoms with van der Waals surface area (Å²) in [6.45, 7) is 2.14. The number of carbonyl (C=O) groups excluding carboxylic acids is 1. The Morgan fingerprint density at radius 1 is 1.38 bits per heavy atom. The third kappa shape index (κ3) is 5.07. The molecule has 1 aromatic heterocycles. The van der Waals surface area contributed by atoms with Gasteiger partial charge in [0.25, 0.3) is 5.91 Å². The molecule has 2 heterocycles. The molecule has 1 unspecified atom stereocenters. The average molecular weight is 454 g/mol. The van der Waals surface area contributed by atoms with E-state index in [1.165, 1.54) is 17.0 Å². The second kappa shape index (κ2) is 9.58. The number of benzene rings is 1. The molecule has 1 aromatic carbocycles. The molecule has 1 saturated heterocycles. The van der Waals surface area contributed by atoms with Gasteiger partial charge >= 0.3 is 0 Å².